The highest BCUT2D eigenvalue weighted by Gasteiger charge is 2.12. The van der Waals surface area contributed by atoms with Gasteiger partial charge in [-0.2, -0.15) is 0 Å². The maximum atomic E-state index is 13.6. The van der Waals surface area contributed by atoms with Crippen molar-refractivity contribution in [3.63, 3.8) is 0 Å². The van der Waals surface area contributed by atoms with Crippen LogP contribution in [0.15, 0.2) is 48.5 Å². The maximum Gasteiger partial charge on any atom is 0.319 e. The minimum absolute atomic E-state index is 0.348. The molecule has 0 bridgehead atoms. The molecule has 0 aliphatic carbocycles. The average molecular weight is 386 g/mol. The van der Waals surface area contributed by atoms with Gasteiger partial charge in [-0.05, 0) is 74.4 Å². The fourth-order valence-electron chi connectivity index (χ4n) is 3.02. The number of carbonyl (C=O) groups is 1. The fraction of sp³-hybridized carbons (Fsp3) is 0.190. The molecule has 3 rings (SSSR count). The molecule has 0 aliphatic rings. The van der Waals surface area contributed by atoms with Gasteiger partial charge in [0.05, 0.1) is 0 Å². The molecule has 2 amide bonds. The van der Waals surface area contributed by atoms with Crippen LogP contribution in [0, 0.1) is 26.6 Å². The van der Waals surface area contributed by atoms with E-state index < -0.39 is 0 Å². The molecule has 0 aliphatic heterocycles. The first-order valence-corrected chi connectivity index (χ1v) is 8.97. The number of hydrogen-bond acceptors (Lipinski definition) is 1. The van der Waals surface area contributed by atoms with Crippen LogP contribution in [0.1, 0.15) is 22.5 Å². The molecule has 0 atom stereocenters. The molecular weight excluding hydrogens is 365 g/mol. The van der Waals surface area contributed by atoms with Crippen LogP contribution in [0.4, 0.5) is 14.9 Å². The molecule has 3 aromatic rings. The third-order valence-electron chi connectivity index (χ3n) is 4.49. The minimum atomic E-state index is -0.380. The Hall–Kier alpha value is -2.79. The van der Waals surface area contributed by atoms with Gasteiger partial charge in [-0.15, -0.1) is 0 Å². The van der Waals surface area contributed by atoms with Gasteiger partial charge in [0.15, 0.2) is 0 Å². The van der Waals surface area contributed by atoms with Crippen molar-refractivity contribution in [3.05, 3.63) is 81.9 Å². The van der Waals surface area contributed by atoms with Crippen molar-refractivity contribution in [2.45, 2.75) is 27.3 Å². The van der Waals surface area contributed by atoms with E-state index in [0.29, 0.717) is 22.8 Å². The molecule has 6 heteroatoms. The van der Waals surface area contributed by atoms with Crippen LogP contribution in [-0.2, 0) is 6.54 Å². The summed E-state index contributed by atoms with van der Waals surface area (Å²) < 4.78 is 15.7. The lowest BCUT2D eigenvalue weighted by molar-refractivity contribution is 0.251. The van der Waals surface area contributed by atoms with Crippen molar-refractivity contribution in [2.24, 2.45) is 0 Å². The van der Waals surface area contributed by atoms with Crippen LogP contribution in [-0.4, -0.2) is 10.6 Å². The largest absolute Gasteiger partial charge is 0.334 e. The number of carbonyl (C=O) groups excluding carboxylic acids is 1. The summed E-state index contributed by atoms with van der Waals surface area (Å²) >= 11 is 5.97. The second-order valence-corrected chi connectivity index (χ2v) is 6.92. The summed E-state index contributed by atoms with van der Waals surface area (Å²) in [5.74, 6) is -0.348. The molecule has 27 heavy (non-hydrogen) atoms. The van der Waals surface area contributed by atoms with E-state index in [-0.39, 0.29) is 11.8 Å². The fourth-order valence-corrected chi connectivity index (χ4v) is 3.14. The van der Waals surface area contributed by atoms with Crippen molar-refractivity contribution in [3.8, 4) is 5.69 Å². The van der Waals surface area contributed by atoms with E-state index in [1.54, 1.807) is 19.1 Å². The van der Waals surface area contributed by atoms with Crippen LogP contribution in [0.25, 0.3) is 5.69 Å². The molecule has 0 saturated heterocycles. The van der Waals surface area contributed by atoms with Crippen molar-refractivity contribution in [1.29, 1.82) is 0 Å². The molecule has 0 saturated carbocycles. The van der Waals surface area contributed by atoms with Crippen LogP contribution in [0.5, 0.6) is 0 Å². The second kappa shape index (κ2) is 7.84. The quantitative estimate of drug-likeness (QED) is 0.610. The molecule has 140 valence electrons. The predicted octanol–water partition coefficient (Wildman–Crippen LogP) is 5.52. The van der Waals surface area contributed by atoms with E-state index >= 15 is 0 Å². The molecule has 0 radical (unpaired) electrons. The van der Waals surface area contributed by atoms with E-state index in [4.69, 9.17) is 11.6 Å². The van der Waals surface area contributed by atoms with Crippen LogP contribution >= 0.6 is 11.6 Å². The number of amides is 2. The molecule has 1 aromatic heterocycles. The summed E-state index contributed by atoms with van der Waals surface area (Å²) in [5.41, 5.74) is 5.08. The first kappa shape index (κ1) is 19.0. The number of hydrogen-bond donors (Lipinski definition) is 2. The minimum Gasteiger partial charge on any atom is -0.334 e. The van der Waals surface area contributed by atoms with Gasteiger partial charge < -0.3 is 15.2 Å². The van der Waals surface area contributed by atoms with Gasteiger partial charge >= 0.3 is 6.03 Å². The Kier molecular flexibility index (Phi) is 5.51. The number of aromatic nitrogens is 1. The zero-order valence-corrected chi connectivity index (χ0v) is 16.2. The van der Waals surface area contributed by atoms with Gasteiger partial charge in [0.25, 0.3) is 0 Å². The predicted molar refractivity (Wildman–Crippen MR) is 107 cm³/mol. The van der Waals surface area contributed by atoms with Crippen LogP contribution in [0.3, 0.4) is 0 Å². The summed E-state index contributed by atoms with van der Waals surface area (Å²) in [6.07, 6.45) is 0. The van der Waals surface area contributed by atoms with Gasteiger partial charge in [-0.3, -0.25) is 0 Å². The number of benzene rings is 2. The number of nitrogens with zero attached hydrogens (tertiary/aromatic N) is 1. The summed E-state index contributed by atoms with van der Waals surface area (Å²) in [5, 5.41) is 6.15. The highest BCUT2D eigenvalue weighted by molar-refractivity contribution is 6.30. The lowest BCUT2D eigenvalue weighted by Gasteiger charge is -2.11. The third kappa shape index (κ3) is 4.31. The van der Waals surface area contributed by atoms with E-state index in [2.05, 4.69) is 15.2 Å². The van der Waals surface area contributed by atoms with Crippen molar-refractivity contribution < 1.29 is 9.18 Å². The monoisotopic (exact) mass is 385 g/mol. The highest BCUT2D eigenvalue weighted by Crippen LogP contribution is 2.22. The molecule has 0 fully saturated rings. The molecule has 0 spiro atoms. The molecule has 4 nitrogen and oxygen atoms in total. The number of nitrogens with one attached hydrogen (secondary N) is 2. The summed E-state index contributed by atoms with van der Waals surface area (Å²) in [4.78, 5) is 12.1. The van der Waals surface area contributed by atoms with Crippen LogP contribution in [0.2, 0.25) is 5.02 Å². The van der Waals surface area contributed by atoms with E-state index in [0.717, 1.165) is 22.6 Å². The second-order valence-electron chi connectivity index (χ2n) is 6.48. The number of aryl methyl sites for hydroxylation is 2. The van der Waals surface area contributed by atoms with Crippen molar-refractivity contribution in [2.75, 3.05) is 5.32 Å². The number of rotatable bonds is 4. The normalized spacial score (nSPS) is 10.7. The zero-order valence-electron chi connectivity index (χ0n) is 15.4. The summed E-state index contributed by atoms with van der Waals surface area (Å²) in [7, 11) is 0. The third-order valence-corrected chi connectivity index (χ3v) is 4.74. The Balaban J connectivity index is 1.69. The van der Waals surface area contributed by atoms with Gasteiger partial charge in [-0.25, -0.2) is 9.18 Å². The molecular formula is C21H21ClFN3O. The molecule has 0 unspecified atom stereocenters. The lowest BCUT2D eigenvalue weighted by Crippen LogP contribution is -2.28. The molecule has 1 heterocycles. The summed E-state index contributed by atoms with van der Waals surface area (Å²) in [6, 6.07) is 13.9. The highest BCUT2D eigenvalue weighted by atomic mass is 35.5. The Morgan fingerprint density at radius 2 is 1.78 bits per heavy atom. The lowest BCUT2D eigenvalue weighted by atomic mass is 10.2. The average Bonchev–Trinajstić information content (AvgIpc) is 2.91. The number of halogens is 2. The Morgan fingerprint density at radius 3 is 2.44 bits per heavy atom. The number of anilines is 1. The van der Waals surface area contributed by atoms with Crippen LogP contribution < -0.4 is 10.6 Å². The van der Waals surface area contributed by atoms with Gasteiger partial charge in [0.1, 0.15) is 5.82 Å². The first-order valence-electron chi connectivity index (χ1n) is 8.60. The van der Waals surface area contributed by atoms with E-state index in [1.165, 1.54) is 6.07 Å². The Morgan fingerprint density at radius 1 is 1.07 bits per heavy atom. The standard InChI is InChI=1S/C21H21ClFN3O/c1-13-4-7-18(11-20(13)23)25-21(27)24-12-16-10-14(2)26(15(16)3)19-8-5-17(22)6-9-19/h4-11H,12H2,1-3H3,(H2,24,25,27). The Labute approximate surface area is 163 Å². The molecule has 2 N–H and O–H groups in total. The smallest absolute Gasteiger partial charge is 0.319 e. The zero-order chi connectivity index (χ0) is 19.6. The Bertz CT molecular complexity index is 980. The number of urea groups is 1. The van der Waals surface area contributed by atoms with Crippen molar-refractivity contribution in [1.82, 2.24) is 9.88 Å². The van der Waals surface area contributed by atoms with Gasteiger partial charge in [-0.1, -0.05) is 17.7 Å². The summed E-state index contributed by atoms with van der Waals surface area (Å²) in [6.45, 7) is 6.06. The topological polar surface area (TPSA) is 46.1 Å². The molecule has 2 aromatic carbocycles. The van der Waals surface area contributed by atoms with Gasteiger partial charge in [0.2, 0.25) is 0 Å². The van der Waals surface area contributed by atoms with E-state index in [1.807, 2.05) is 44.2 Å². The van der Waals surface area contributed by atoms with Gasteiger partial charge in [0, 0.05) is 34.3 Å². The SMILES string of the molecule is Cc1ccc(NC(=O)NCc2cc(C)n(-c3ccc(Cl)cc3)c2C)cc1F. The van der Waals surface area contributed by atoms with Crippen molar-refractivity contribution >= 4 is 23.3 Å². The first-order chi connectivity index (χ1) is 12.8. The maximum absolute atomic E-state index is 13.6. The van der Waals surface area contributed by atoms with E-state index in [9.17, 15) is 9.18 Å².